The molecule has 0 amide bonds. The Kier molecular flexibility index (Phi) is 5.47. The van der Waals surface area contributed by atoms with Gasteiger partial charge in [0.25, 0.3) is 5.56 Å². The third-order valence-electron chi connectivity index (χ3n) is 2.32. The van der Waals surface area contributed by atoms with Gasteiger partial charge in [0.1, 0.15) is 0 Å². The Bertz CT molecular complexity index is 638. The van der Waals surface area contributed by atoms with E-state index in [1.165, 1.54) is 17.9 Å². The fourth-order valence-corrected chi connectivity index (χ4v) is 1.47. The fraction of sp³-hybridized carbons (Fsp3) is 0.500. The average Bonchev–Trinajstić information content (AvgIpc) is 2.67. The van der Waals surface area contributed by atoms with Crippen LogP contribution in [-0.4, -0.2) is 35.9 Å². The predicted molar refractivity (Wildman–Crippen MR) is 67.6 cm³/mol. The topological polar surface area (TPSA) is 114 Å². The molecule has 0 saturated heterocycles. The van der Waals surface area contributed by atoms with E-state index in [-0.39, 0.29) is 23.3 Å². The number of aryl methyl sites for hydroxylation is 2. The second-order valence-electron chi connectivity index (χ2n) is 3.55. The van der Waals surface area contributed by atoms with Gasteiger partial charge in [-0.25, -0.2) is 9.78 Å². The zero-order chi connectivity index (χ0) is 13.2. The lowest BCUT2D eigenvalue weighted by molar-refractivity contribution is 0.318. The Hall–Kier alpha value is -1.93. The average molecular weight is 258 g/mol. The van der Waals surface area contributed by atoms with Crippen LogP contribution >= 0.6 is 0 Å². The van der Waals surface area contributed by atoms with Crippen LogP contribution in [0.15, 0.2) is 15.9 Å². The fourth-order valence-electron chi connectivity index (χ4n) is 1.47. The highest BCUT2D eigenvalue weighted by Crippen LogP contribution is 2.01. The number of fused-ring (bicyclic) bond motifs is 1. The van der Waals surface area contributed by atoms with E-state index in [9.17, 15) is 9.59 Å². The van der Waals surface area contributed by atoms with Crippen molar-refractivity contribution in [3.05, 3.63) is 27.2 Å². The van der Waals surface area contributed by atoms with Gasteiger partial charge in [0.05, 0.1) is 6.33 Å². The maximum atomic E-state index is 11.7. The molecule has 0 fully saturated rings. The molecule has 8 heteroatoms. The molecule has 2 aromatic heterocycles. The van der Waals surface area contributed by atoms with Crippen LogP contribution in [0.5, 0.6) is 0 Å². The third-order valence-corrected chi connectivity index (χ3v) is 2.32. The Morgan fingerprint density at radius 2 is 1.72 bits per heavy atom. The standard InChI is InChI=1S/C8H10N4O2.C2H6O.H2O/c1-10-4-9-6-5(10)7(13)12(3)8(14)11(6)2;1-2-3;/h4H,1-3H3;3H,2H2,1H3;1H2. The molecule has 2 rings (SSSR count). The van der Waals surface area contributed by atoms with Gasteiger partial charge in [-0.1, -0.05) is 0 Å². The first-order valence-corrected chi connectivity index (χ1v) is 5.13. The molecule has 2 heterocycles. The number of aliphatic hydroxyl groups is 1. The van der Waals surface area contributed by atoms with Gasteiger partial charge in [0.2, 0.25) is 0 Å². The molecular weight excluding hydrogens is 240 g/mol. The summed E-state index contributed by atoms with van der Waals surface area (Å²) in [4.78, 5) is 27.2. The van der Waals surface area contributed by atoms with Gasteiger partial charge < -0.3 is 15.1 Å². The van der Waals surface area contributed by atoms with Gasteiger partial charge in [-0.15, -0.1) is 0 Å². The smallest absolute Gasteiger partial charge is 0.332 e. The summed E-state index contributed by atoms with van der Waals surface area (Å²) < 4.78 is 4.04. The van der Waals surface area contributed by atoms with Crippen molar-refractivity contribution < 1.29 is 10.6 Å². The predicted octanol–water partition coefficient (Wildman–Crippen LogP) is -1.86. The van der Waals surface area contributed by atoms with E-state index >= 15 is 0 Å². The molecule has 0 aromatic carbocycles. The van der Waals surface area contributed by atoms with Crippen molar-refractivity contribution in [3.8, 4) is 0 Å². The second-order valence-corrected chi connectivity index (χ2v) is 3.55. The monoisotopic (exact) mass is 258 g/mol. The van der Waals surface area contributed by atoms with Gasteiger partial charge >= 0.3 is 5.69 Å². The number of hydrogen-bond acceptors (Lipinski definition) is 4. The first-order chi connectivity index (χ1) is 7.95. The molecule has 0 unspecified atom stereocenters. The Morgan fingerprint density at radius 3 is 2.22 bits per heavy atom. The summed E-state index contributed by atoms with van der Waals surface area (Å²) in [5.74, 6) is 0. The van der Waals surface area contributed by atoms with Gasteiger partial charge in [-0.05, 0) is 6.92 Å². The molecule has 102 valence electrons. The number of nitrogens with zero attached hydrogens (tertiary/aromatic N) is 4. The van der Waals surface area contributed by atoms with E-state index < -0.39 is 0 Å². The van der Waals surface area contributed by atoms with Crippen molar-refractivity contribution in [1.29, 1.82) is 0 Å². The molecular formula is C10H18N4O4. The maximum absolute atomic E-state index is 11.7. The van der Waals surface area contributed by atoms with Crippen LogP contribution in [0.4, 0.5) is 0 Å². The number of rotatable bonds is 0. The number of aliphatic hydroxyl groups excluding tert-OH is 1. The number of imidazole rings is 1. The van der Waals surface area contributed by atoms with Crippen molar-refractivity contribution in [2.75, 3.05) is 6.61 Å². The lowest BCUT2D eigenvalue weighted by atomic mass is 10.5. The van der Waals surface area contributed by atoms with Crippen LogP contribution in [0.2, 0.25) is 0 Å². The largest absolute Gasteiger partial charge is 0.412 e. The molecule has 0 saturated carbocycles. The zero-order valence-corrected chi connectivity index (χ0v) is 10.8. The summed E-state index contributed by atoms with van der Waals surface area (Å²) in [5, 5.41) is 7.57. The minimum Gasteiger partial charge on any atom is -0.412 e. The highest BCUT2D eigenvalue weighted by molar-refractivity contribution is 5.69. The Balaban J connectivity index is 0.000000660. The van der Waals surface area contributed by atoms with E-state index in [1.54, 1.807) is 25.6 Å². The molecule has 0 aliphatic heterocycles. The Morgan fingerprint density at radius 1 is 1.22 bits per heavy atom. The van der Waals surface area contributed by atoms with Crippen molar-refractivity contribution in [3.63, 3.8) is 0 Å². The Labute approximate surface area is 103 Å². The molecule has 8 nitrogen and oxygen atoms in total. The molecule has 0 spiro atoms. The van der Waals surface area contributed by atoms with Crippen molar-refractivity contribution in [2.24, 2.45) is 21.1 Å². The molecule has 0 atom stereocenters. The summed E-state index contributed by atoms with van der Waals surface area (Å²) >= 11 is 0. The third kappa shape index (κ3) is 2.49. The SMILES string of the molecule is CCO.Cn1c(=O)c2c(ncn2C)n(C)c1=O.O. The molecule has 0 aliphatic rings. The van der Waals surface area contributed by atoms with E-state index in [1.807, 2.05) is 0 Å². The van der Waals surface area contributed by atoms with E-state index in [0.717, 1.165) is 4.57 Å². The van der Waals surface area contributed by atoms with Gasteiger partial charge in [0.15, 0.2) is 11.2 Å². The lowest BCUT2D eigenvalue weighted by Crippen LogP contribution is -2.37. The van der Waals surface area contributed by atoms with Crippen molar-refractivity contribution >= 4 is 11.2 Å². The van der Waals surface area contributed by atoms with Crippen molar-refractivity contribution in [1.82, 2.24) is 18.7 Å². The highest BCUT2D eigenvalue weighted by Gasteiger charge is 2.11. The van der Waals surface area contributed by atoms with Gasteiger partial charge in [0, 0.05) is 27.7 Å². The van der Waals surface area contributed by atoms with Gasteiger partial charge in [-0.3, -0.25) is 13.9 Å². The van der Waals surface area contributed by atoms with Crippen LogP contribution in [0, 0.1) is 0 Å². The number of hydrogen-bond donors (Lipinski definition) is 1. The normalized spacial score (nSPS) is 9.61. The first-order valence-electron chi connectivity index (χ1n) is 5.13. The van der Waals surface area contributed by atoms with Crippen LogP contribution in [0.1, 0.15) is 6.92 Å². The van der Waals surface area contributed by atoms with Gasteiger partial charge in [-0.2, -0.15) is 0 Å². The summed E-state index contributed by atoms with van der Waals surface area (Å²) in [6, 6.07) is 0. The second kappa shape index (κ2) is 6.12. The molecule has 0 radical (unpaired) electrons. The van der Waals surface area contributed by atoms with Crippen LogP contribution < -0.4 is 11.2 Å². The summed E-state index contributed by atoms with van der Waals surface area (Å²) in [6.45, 7) is 1.93. The van der Waals surface area contributed by atoms with E-state index in [0.29, 0.717) is 11.2 Å². The van der Waals surface area contributed by atoms with Crippen LogP contribution in [0.25, 0.3) is 11.2 Å². The maximum Gasteiger partial charge on any atom is 0.332 e. The summed E-state index contributed by atoms with van der Waals surface area (Å²) in [5.41, 5.74) is 0.180. The number of aromatic nitrogens is 4. The molecule has 18 heavy (non-hydrogen) atoms. The van der Waals surface area contributed by atoms with E-state index in [4.69, 9.17) is 5.11 Å². The quantitative estimate of drug-likeness (QED) is 0.597. The first kappa shape index (κ1) is 16.1. The van der Waals surface area contributed by atoms with E-state index in [2.05, 4.69) is 4.98 Å². The molecule has 0 aliphatic carbocycles. The molecule has 2 aromatic rings. The van der Waals surface area contributed by atoms with Crippen LogP contribution in [0.3, 0.4) is 0 Å². The summed E-state index contributed by atoms with van der Waals surface area (Å²) in [7, 11) is 4.77. The lowest BCUT2D eigenvalue weighted by Gasteiger charge is -2.02. The molecule has 3 N–H and O–H groups in total. The minimum atomic E-state index is -0.360. The summed E-state index contributed by atoms with van der Waals surface area (Å²) in [6.07, 6.45) is 1.52. The highest BCUT2D eigenvalue weighted by atomic mass is 16.2. The minimum absolute atomic E-state index is 0. The molecule has 0 bridgehead atoms. The van der Waals surface area contributed by atoms with Crippen molar-refractivity contribution in [2.45, 2.75) is 6.92 Å². The van der Waals surface area contributed by atoms with Crippen LogP contribution in [-0.2, 0) is 21.1 Å². The zero-order valence-electron chi connectivity index (χ0n) is 10.8.